The number of methoxy groups -OCH3 is 1. The average Bonchev–Trinajstić information content (AvgIpc) is 2.35. The summed E-state index contributed by atoms with van der Waals surface area (Å²) in [5.41, 5.74) is 0. The van der Waals surface area contributed by atoms with Gasteiger partial charge in [-0.15, -0.1) is 0 Å². The van der Waals surface area contributed by atoms with E-state index >= 15 is 0 Å². The second-order valence-corrected chi connectivity index (χ2v) is 4.56. The van der Waals surface area contributed by atoms with Gasteiger partial charge in [-0.1, -0.05) is 0 Å². The molecule has 0 aliphatic carbocycles. The Hall–Kier alpha value is -0.170. The molecule has 0 amide bonds. The summed E-state index contributed by atoms with van der Waals surface area (Å²) in [5.74, 6) is 0.299. The SMILES string of the molecule is COC[C@@H]1CCN(S(N)(=O)=O)C1. The molecule has 1 atom stereocenters. The van der Waals surface area contributed by atoms with Crippen molar-refractivity contribution in [3.8, 4) is 0 Å². The maximum absolute atomic E-state index is 10.8. The van der Waals surface area contributed by atoms with E-state index < -0.39 is 10.2 Å². The first-order valence-corrected chi connectivity index (χ1v) is 5.31. The molecule has 0 radical (unpaired) electrons. The number of rotatable bonds is 3. The van der Waals surface area contributed by atoms with Crippen LogP contribution in [0.25, 0.3) is 0 Å². The lowest BCUT2D eigenvalue weighted by atomic mass is 10.1. The van der Waals surface area contributed by atoms with Crippen LogP contribution in [-0.2, 0) is 14.9 Å². The van der Waals surface area contributed by atoms with Gasteiger partial charge in [0.2, 0.25) is 0 Å². The number of nitrogens with zero attached hydrogens (tertiary/aromatic N) is 1. The monoisotopic (exact) mass is 194 g/mol. The summed E-state index contributed by atoms with van der Waals surface area (Å²) < 4.78 is 27.9. The molecule has 12 heavy (non-hydrogen) atoms. The second-order valence-electron chi connectivity index (χ2n) is 3.01. The molecule has 0 spiro atoms. The number of ether oxygens (including phenoxy) is 1. The van der Waals surface area contributed by atoms with Crippen molar-refractivity contribution >= 4 is 10.2 Å². The summed E-state index contributed by atoms with van der Waals surface area (Å²) >= 11 is 0. The van der Waals surface area contributed by atoms with Crippen LogP contribution in [0.3, 0.4) is 0 Å². The number of hydrogen-bond donors (Lipinski definition) is 1. The molecule has 72 valence electrons. The molecule has 1 aliphatic heterocycles. The smallest absolute Gasteiger partial charge is 0.276 e. The Labute approximate surface area is 72.7 Å². The number of hydrogen-bond acceptors (Lipinski definition) is 3. The van der Waals surface area contributed by atoms with Gasteiger partial charge >= 0.3 is 0 Å². The zero-order chi connectivity index (χ0) is 9.19. The highest BCUT2D eigenvalue weighted by molar-refractivity contribution is 7.86. The van der Waals surface area contributed by atoms with Crippen LogP contribution in [0.2, 0.25) is 0 Å². The molecule has 0 aromatic rings. The molecule has 0 aromatic heterocycles. The summed E-state index contributed by atoms with van der Waals surface area (Å²) in [7, 11) is -1.87. The minimum absolute atomic E-state index is 0.299. The van der Waals surface area contributed by atoms with Gasteiger partial charge in [-0.05, 0) is 12.3 Å². The van der Waals surface area contributed by atoms with E-state index in [1.807, 2.05) is 0 Å². The van der Waals surface area contributed by atoms with Crippen molar-refractivity contribution in [1.29, 1.82) is 0 Å². The van der Waals surface area contributed by atoms with E-state index in [-0.39, 0.29) is 0 Å². The Kier molecular flexibility index (Phi) is 3.05. The lowest BCUT2D eigenvalue weighted by molar-refractivity contribution is 0.157. The third kappa shape index (κ3) is 2.41. The highest BCUT2D eigenvalue weighted by Crippen LogP contribution is 2.17. The largest absolute Gasteiger partial charge is 0.384 e. The van der Waals surface area contributed by atoms with Gasteiger partial charge in [0.05, 0.1) is 6.61 Å². The Balaban J connectivity index is 2.46. The van der Waals surface area contributed by atoms with Crippen LogP contribution in [-0.4, -0.2) is 39.5 Å². The standard InChI is InChI=1S/C6H14N2O3S/c1-11-5-6-2-3-8(4-6)12(7,9)10/h6H,2-5H2,1H3,(H2,7,9,10)/t6-/m1/s1. The van der Waals surface area contributed by atoms with Crippen molar-refractivity contribution in [2.45, 2.75) is 6.42 Å². The Bertz CT molecular complexity index is 239. The third-order valence-corrected chi connectivity index (χ3v) is 3.06. The molecular formula is C6H14N2O3S. The topological polar surface area (TPSA) is 72.6 Å². The lowest BCUT2D eigenvalue weighted by Crippen LogP contribution is -2.35. The van der Waals surface area contributed by atoms with Gasteiger partial charge in [-0.2, -0.15) is 12.7 Å². The van der Waals surface area contributed by atoms with Crippen molar-refractivity contribution < 1.29 is 13.2 Å². The van der Waals surface area contributed by atoms with Gasteiger partial charge in [0, 0.05) is 20.2 Å². The summed E-state index contributed by atoms with van der Waals surface area (Å²) in [5, 5.41) is 4.96. The van der Waals surface area contributed by atoms with Crippen molar-refractivity contribution in [3.63, 3.8) is 0 Å². The zero-order valence-electron chi connectivity index (χ0n) is 7.06. The van der Waals surface area contributed by atoms with Gasteiger partial charge in [-0.25, -0.2) is 5.14 Å². The Morgan fingerprint density at radius 1 is 1.67 bits per heavy atom. The first-order valence-electron chi connectivity index (χ1n) is 3.81. The van der Waals surface area contributed by atoms with Crippen LogP contribution in [0.15, 0.2) is 0 Å². The summed E-state index contributed by atoms with van der Waals surface area (Å²) in [4.78, 5) is 0. The fourth-order valence-corrected chi connectivity index (χ4v) is 2.18. The van der Waals surface area contributed by atoms with E-state index in [0.29, 0.717) is 25.6 Å². The number of nitrogens with two attached hydrogens (primary N) is 1. The average molecular weight is 194 g/mol. The zero-order valence-corrected chi connectivity index (χ0v) is 7.88. The highest BCUT2D eigenvalue weighted by atomic mass is 32.2. The van der Waals surface area contributed by atoms with Gasteiger partial charge in [0.15, 0.2) is 0 Å². The van der Waals surface area contributed by atoms with Crippen molar-refractivity contribution in [2.75, 3.05) is 26.8 Å². The van der Waals surface area contributed by atoms with Gasteiger partial charge in [-0.3, -0.25) is 0 Å². The van der Waals surface area contributed by atoms with Crippen LogP contribution >= 0.6 is 0 Å². The minimum Gasteiger partial charge on any atom is -0.384 e. The Morgan fingerprint density at radius 2 is 2.33 bits per heavy atom. The van der Waals surface area contributed by atoms with Gasteiger partial charge < -0.3 is 4.74 Å². The molecule has 0 bridgehead atoms. The molecule has 5 nitrogen and oxygen atoms in total. The predicted octanol–water partition coefficient (Wildman–Crippen LogP) is -0.842. The molecule has 2 N–H and O–H groups in total. The van der Waals surface area contributed by atoms with Gasteiger partial charge in [0.25, 0.3) is 10.2 Å². The van der Waals surface area contributed by atoms with E-state index in [4.69, 9.17) is 9.88 Å². The van der Waals surface area contributed by atoms with Crippen LogP contribution in [0.5, 0.6) is 0 Å². The maximum atomic E-state index is 10.8. The molecule has 1 heterocycles. The highest BCUT2D eigenvalue weighted by Gasteiger charge is 2.28. The summed E-state index contributed by atoms with van der Waals surface area (Å²) in [6.07, 6.45) is 0.838. The lowest BCUT2D eigenvalue weighted by Gasteiger charge is -2.11. The first-order chi connectivity index (χ1) is 5.54. The molecule has 1 fully saturated rings. The summed E-state index contributed by atoms with van der Waals surface area (Å²) in [6.45, 7) is 1.62. The second kappa shape index (κ2) is 3.69. The molecule has 6 heteroatoms. The van der Waals surface area contributed by atoms with Crippen molar-refractivity contribution in [3.05, 3.63) is 0 Å². The minimum atomic E-state index is -3.48. The molecule has 0 unspecified atom stereocenters. The third-order valence-electron chi connectivity index (χ3n) is 2.01. The fraction of sp³-hybridized carbons (Fsp3) is 1.00. The first kappa shape index (κ1) is 9.91. The molecule has 0 saturated carbocycles. The van der Waals surface area contributed by atoms with E-state index in [1.165, 1.54) is 4.31 Å². The predicted molar refractivity (Wildman–Crippen MR) is 44.7 cm³/mol. The van der Waals surface area contributed by atoms with Crippen LogP contribution in [0.1, 0.15) is 6.42 Å². The molecule has 1 rings (SSSR count). The molecule has 0 aromatic carbocycles. The van der Waals surface area contributed by atoms with Crippen LogP contribution in [0, 0.1) is 5.92 Å². The van der Waals surface area contributed by atoms with E-state index in [0.717, 1.165) is 6.42 Å². The molecule has 1 saturated heterocycles. The van der Waals surface area contributed by atoms with Gasteiger partial charge in [0.1, 0.15) is 0 Å². The molecule has 1 aliphatic rings. The van der Waals surface area contributed by atoms with E-state index in [2.05, 4.69) is 0 Å². The Morgan fingerprint density at radius 3 is 2.75 bits per heavy atom. The van der Waals surface area contributed by atoms with Crippen LogP contribution < -0.4 is 5.14 Å². The van der Waals surface area contributed by atoms with Crippen molar-refractivity contribution in [2.24, 2.45) is 11.1 Å². The quantitative estimate of drug-likeness (QED) is 0.636. The van der Waals surface area contributed by atoms with E-state index in [9.17, 15) is 8.42 Å². The van der Waals surface area contributed by atoms with Crippen LogP contribution in [0.4, 0.5) is 0 Å². The maximum Gasteiger partial charge on any atom is 0.276 e. The van der Waals surface area contributed by atoms with Crippen molar-refractivity contribution in [1.82, 2.24) is 4.31 Å². The normalized spacial score (nSPS) is 26.3. The van der Waals surface area contributed by atoms with E-state index in [1.54, 1.807) is 7.11 Å². The summed E-state index contributed by atoms with van der Waals surface area (Å²) in [6, 6.07) is 0. The fourth-order valence-electron chi connectivity index (χ4n) is 1.40. The molecular weight excluding hydrogens is 180 g/mol.